The number of hydrogen-bond acceptors (Lipinski definition) is 14. The Labute approximate surface area is 296 Å². The first-order valence-electron chi connectivity index (χ1n) is 15.2. The molecule has 9 N–H and O–H groups in total. The third kappa shape index (κ3) is 11.8. The summed E-state index contributed by atoms with van der Waals surface area (Å²) in [4.78, 5) is 54.3. The summed E-state index contributed by atoms with van der Waals surface area (Å²) < 4.78 is 57.4. The largest absolute Gasteiger partial charge is 0.507 e. The number of aliphatic hydroxyl groups excluding tert-OH is 4. The van der Waals surface area contributed by atoms with Gasteiger partial charge in [-0.25, -0.2) is 19.2 Å². The van der Waals surface area contributed by atoms with Gasteiger partial charge in [-0.15, -0.1) is 0 Å². The number of likely N-dealkylation sites (tertiary alicyclic amines) is 1. The Hall–Kier alpha value is -5.48. The molecule has 1 fully saturated rings. The van der Waals surface area contributed by atoms with Gasteiger partial charge in [0.25, 0.3) is 5.76 Å². The van der Waals surface area contributed by atoms with Crippen molar-refractivity contribution < 1.29 is 92.2 Å². The van der Waals surface area contributed by atoms with E-state index < -0.39 is 71.4 Å². The molecule has 5 atom stereocenters. The highest BCUT2D eigenvalue weighted by atomic mass is 19.4. The zero-order valence-electron chi connectivity index (χ0n) is 27.8. The number of halogens is 3. The zero-order chi connectivity index (χ0) is 40.4. The van der Waals surface area contributed by atoms with Gasteiger partial charge >= 0.3 is 30.1 Å². The summed E-state index contributed by atoms with van der Waals surface area (Å²) in [6, 6.07) is 8.53. The number of methoxy groups -OCH3 is 1. The van der Waals surface area contributed by atoms with E-state index in [-0.39, 0.29) is 40.6 Å². The number of benzene rings is 2. The first-order chi connectivity index (χ1) is 24.6. The van der Waals surface area contributed by atoms with Crippen LogP contribution in [0.1, 0.15) is 37.5 Å². The van der Waals surface area contributed by atoms with Crippen molar-refractivity contribution >= 4 is 34.8 Å². The Kier molecular flexibility index (Phi) is 15.5. The van der Waals surface area contributed by atoms with Crippen LogP contribution >= 0.6 is 0 Å². The predicted molar refractivity (Wildman–Crippen MR) is 171 cm³/mol. The third-order valence-electron chi connectivity index (χ3n) is 7.55. The number of aliphatic carboxylic acids is 4. The molecule has 0 aliphatic carbocycles. The van der Waals surface area contributed by atoms with E-state index in [1.807, 2.05) is 6.92 Å². The van der Waals surface area contributed by atoms with Crippen LogP contribution < -0.4 is 14.9 Å². The van der Waals surface area contributed by atoms with Crippen molar-refractivity contribution in [3.63, 3.8) is 0 Å². The number of ether oxygens (including phenoxy) is 2. The van der Waals surface area contributed by atoms with Gasteiger partial charge in [0.1, 0.15) is 22.8 Å². The number of hydrogen-bond donors (Lipinski definition) is 9. The monoisotopic (exact) mass is 763 g/mol. The molecule has 0 amide bonds. The molecule has 2 aromatic carbocycles. The van der Waals surface area contributed by atoms with Crippen molar-refractivity contribution in [1.29, 1.82) is 0 Å². The number of phenolic OH excluding ortho intramolecular Hbond substituents is 1. The number of phenols is 1. The minimum Gasteiger partial charge on any atom is -0.507 e. The number of carboxylic acids is 4. The fourth-order valence-corrected chi connectivity index (χ4v) is 4.62. The van der Waals surface area contributed by atoms with Crippen molar-refractivity contribution in [2.45, 2.75) is 69.4 Å². The normalized spacial score (nSPS) is 16.7. The van der Waals surface area contributed by atoms with Crippen LogP contribution in [-0.4, -0.2) is 119 Å². The number of rotatable bonds is 11. The molecule has 0 saturated carbocycles. The minimum absolute atomic E-state index is 0.0223. The average Bonchev–Trinajstić information content (AvgIpc) is 3.10. The zero-order valence-corrected chi connectivity index (χ0v) is 27.8. The molecular weight excluding hydrogens is 727 g/mol. The minimum atomic E-state index is -4.99. The van der Waals surface area contributed by atoms with E-state index in [0.717, 1.165) is 25.8 Å². The lowest BCUT2D eigenvalue weighted by Gasteiger charge is -2.33. The predicted octanol–water partition coefficient (Wildman–Crippen LogP) is 1.45. The van der Waals surface area contributed by atoms with Gasteiger partial charge in [0.05, 0.1) is 18.1 Å². The highest BCUT2D eigenvalue weighted by Gasteiger charge is 2.41. The second-order valence-corrected chi connectivity index (χ2v) is 11.3. The summed E-state index contributed by atoms with van der Waals surface area (Å²) in [5, 5.41) is 75.4. The number of piperidine rings is 1. The maximum Gasteiger partial charge on any atom is 0.453 e. The summed E-state index contributed by atoms with van der Waals surface area (Å²) in [5.74, 6) is -9.29. The number of carbonyl (C=O) groups is 4. The maximum absolute atomic E-state index is 13.9. The van der Waals surface area contributed by atoms with Crippen molar-refractivity contribution in [2.75, 3.05) is 13.7 Å². The van der Waals surface area contributed by atoms with Gasteiger partial charge in [-0.05, 0) is 62.7 Å². The second-order valence-electron chi connectivity index (χ2n) is 11.3. The Morgan fingerprint density at radius 1 is 0.830 bits per heavy atom. The number of fused-ring (bicyclic) bond motifs is 1. The van der Waals surface area contributed by atoms with Crippen LogP contribution in [0.4, 0.5) is 13.2 Å². The molecule has 0 radical (unpaired) electrons. The van der Waals surface area contributed by atoms with Gasteiger partial charge in [-0.1, -0.05) is 6.42 Å². The van der Waals surface area contributed by atoms with Gasteiger partial charge in [-0.3, -0.25) is 9.69 Å². The van der Waals surface area contributed by atoms with Crippen molar-refractivity contribution in [2.24, 2.45) is 0 Å². The van der Waals surface area contributed by atoms with E-state index >= 15 is 0 Å². The maximum atomic E-state index is 13.9. The Balaban J connectivity index is 0.000000399. The van der Waals surface area contributed by atoms with Crippen LogP contribution in [0.15, 0.2) is 45.6 Å². The van der Waals surface area contributed by atoms with Gasteiger partial charge in [-0.2, -0.15) is 13.2 Å². The summed E-state index contributed by atoms with van der Waals surface area (Å²) in [6.07, 6.45) is -11.1. The topological polar surface area (TPSA) is 302 Å². The number of carboxylic acid groups (broad SMARTS) is 4. The van der Waals surface area contributed by atoms with Gasteiger partial charge in [0.2, 0.25) is 11.2 Å². The fourth-order valence-electron chi connectivity index (χ4n) is 4.62. The van der Waals surface area contributed by atoms with Crippen LogP contribution in [-0.2, 0) is 31.9 Å². The summed E-state index contributed by atoms with van der Waals surface area (Å²) in [7, 11) is 1.45. The highest BCUT2D eigenvalue weighted by Crippen LogP contribution is 2.40. The molecule has 0 bridgehead atoms. The van der Waals surface area contributed by atoms with Crippen LogP contribution in [0.5, 0.6) is 23.0 Å². The number of aromatic hydroxyl groups is 1. The average molecular weight is 764 g/mol. The van der Waals surface area contributed by atoms with E-state index in [2.05, 4.69) is 4.90 Å². The van der Waals surface area contributed by atoms with Crippen molar-refractivity contribution in [3.05, 3.63) is 57.9 Å². The summed E-state index contributed by atoms with van der Waals surface area (Å²) in [5.41, 5.74) is -1.10. The van der Waals surface area contributed by atoms with E-state index in [1.165, 1.54) is 43.5 Å². The molecule has 4 rings (SSSR count). The van der Waals surface area contributed by atoms with Crippen LogP contribution in [0.3, 0.4) is 0 Å². The number of nitrogens with zero attached hydrogens (tertiary/aromatic N) is 1. The van der Waals surface area contributed by atoms with Gasteiger partial charge in [0, 0.05) is 12.6 Å². The molecule has 18 nitrogen and oxygen atoms in total. The SMILES string of the molecule is COc1ccc(Oc2c(C(F)(F)F)oc3c(CN4CCCCC4C)c(O)ccc3c2=O)cc1.O=C(O)C(O)C(O)C(=O)O.O=C(O)C(O)C(O)C(=O)O. The second kappa shape index (κ2) is 18.8. The first kappa shape index (κ1) is 43.7. The fraction of sp³-hybridized carbons (Fsp3) is 0.406. The lowest BCUT2D eigenvalue weighted by atomic mass is 10.0. The molecule has 0 spiro atoms. The smallest absolute Gasteiger partial charge is 0.453 e. The molecule has 1 aliphatic heterocycles. The molecule has 5 unspecified atom stereocenters. The number of alkyl halides is 3. The standard InChI is InChI=1S/C24H24F3NO5.2C4H6O6/c1-14-5-3-4-12-28(14)13-18-19(29)11-10-17-20(30)22(23(24(25,26)27)33-21(17)18)32-16-8-6-15(31-2)7-9-16;2*5-1(3(7)8)2(6)4(9)10/h6-11,14,29H,3-5,12-13H2,1-2H3;2*1-2,5-6H,(H,7,8)(H,9,10). The molecular formula is C32H36F3NO17. The molecule has 1 aliphatic rings. The van der Waals surface area contributed by atoms with E-state index in [4.69, 9.17) is 54.7 Å². The Bertz CT molecular complexity index is 1740. The molecule has 1 aromatic heterocycles. The van der Waals surface area contributed by atoms with E-state index in [9.17, 15) is 42.3 Å². The Morgan fingerprint density at radius 3 is 1.72 bits per heavy atom. The summed E-state index contributed by atoms with van der Waals surface area (Å²) in [6.45, 7) is 2.94. The first-order valence-corrected chi connectivity index (χ1v) is 15.2. The molecule has 3 aromatic rings. The van der Waals surface area contributed by atoms with Crippen molar-refractivity contribution in [3.8, 4) is 23.0 Å². The quantitative estimate of drug-likeness (QED) is 0.133. The molecule has 292 valence electrons. The van der Waals surface area contributed by atoms with Crippen LogP contribution in [0.25, 0.3) is 11.0 Å². The molecule has 21 heteroatoms. The lowest BCUT2D eigenvalue weighted by Crippen LogP contribution is -2.39. The highest BCUT2D eigenvalue weighted by molar-refractivity contribution is 5.84. The summed E-state index contributed by atoms with van der Waals surface area (Å²) >= 11 is 0. The van der Waals surface area contributed by atoms with Gasteiger partial charge < -0.3 is 59.8 Å². The van der Waals surface area contributed by atoms with Crippen molar-refractivity contribution in [1.82, 2.24) is 4.90 Å². The van der Waals surface area contributed by atoms with Crippen LogP contribution in [0.2, 0.25) is 0 Å². The lowest BCUT2D eigenvalue weighted by molar-refractivity contribution is -0.165. The third-order valence-corrected chi connectivity index (χ3v) is 7.55. The van der Waals surface area contributed by atoms with Gasteiger partial charge in [0.15, 0.2) is 24.4 Å². The van der Waals surface area contributed by atoms with E-state index in [1.54, 1.807) is 0 Å². The molecule has 2 heterocycles. The molecule has 53 heavy (non-hydrogen) atoms. The number of aliphatic hydroxyl groups is 4. The van der Waals surface area contributed by atoms with Crippen LogP contribution in [0, 0.1) is 0 Å². The Morgan fingerprint density at radius 2 is 1.30 bits per heavy atom. The van der Waals surface area contributed by atoms with E-state index in [0.29, 0.717) is 5.75 Å². The molecule has 1 saturated heterocycles.